The van der Waals surface area contributed by atoms with Gasteiger partial charge in [-0.05, 0) is 18.2 Å². The molecule has 1 fully saturated rings. The lowest BCUT2D eigenvalue weighted by atomic mass is 10.1. The van der Waals surface area contributed by atoms with Crippen LogP contribution in [0.3, 0.4) is 0 Å². The van der Waals surface area contributed by atoms with Crippen molar-refractivity contribution in [3.8, 4) is 11.5 Å². The second-order valence-electron chi connectivity index (χ2n) is 3.85. The highest BCUT2D eigenvalue weighted by Crippen LogP contribution is 2.32. The van der Waals surface area contributed by atoms with Gasteiger partial charge >= 0.3 is 6.36 Å². The van der Waals surface area contributed by atoms with Gasteiger partial charge in [-0.25, -0.2) is 0 Å². The summed E-state index contributed by atoms with van der Waals surface area (Å²) in [5.41, 5.74) is 0.330. The number of aromatic hydroxyl groups is 1. The fourth-order valence-electron chi connectivity index (χ4n) is 1.77. The molecule has 0 saturated carbocycles. The predicted molar refractivity (Wildman–Crippen MR) is 56.4 cm³/mol. The average Bonchev–Trinajstić information content (AvgIpc) is 2.31. The first-order valence-electron chi connectivity index (χ1n) is 5.35. The molecule has 0 aromatic heterocycles. The molecule has 4 nitrogen and oxygen atoms in total. The lowest BCUT2D eigenvalue weighted by Crippen LogP contribution is -2.34. The van der Waals surface area contributed by atoms with Crippen molar-refractivity contribution in [1.29, 1.82) is 0 Å². The molecule has 1 aliphatic rings. The molecule has 7 heteroatoms. The summed E-state index contributed by atoms with van der Waals surface area (Å²) in [6.45, 7) is 1.41. The molecule has 1 atom stereocenters. The van der Waals surface area contributed by atoms with Crippen molar-refractivity contribution in [3.63, 3.8) is 0 Å². The monoisotopic (exact) mass is 263 g/mol. The Hall–Kier alpha value is -1.47. The number of rotatable bonds is 2. The van der Waals surface area contributed by atoms with Gasteiger partial charge < -0.3 is 19.9 Å². The molecule has 0 amide bonds. The van der Waals surface area contributed by atoms with Crippen molar-refractivity contribution >= 4 is 0 Å². The van der Waals surface area contributed by atoms with E-state index in [4.69, 9.17) is 4.74 Å². The summed E-state index contributed by atoms with van der Waals surface area (Å²) in [4.78, 5) is 0. The number of morpholine rings is 1. The molecule has 18 heavy (non-hydrogen) atoms. The van der Waals surface area contributed by atoms with Gasteiger partial charge in [-0.1, -0.05) is 0 Å². The van der Waals surface area contributed by atoms with E-state index >= 15 is 0 Å². The van der Waals surface area contributed by atoms with E-state index in [1.165, 1.54) is 6.07 Å². The second-order valence-corrected chi connectivity index (χ2v) is 3.85. The van der Waals surface area contributed by atoms with E-state index in [0.29, 0.717) is 25.3 Å². The third kappa shape index (κ3) is 3.27. The van der Waals surface area contributed by atoms with E-state index in [2.05, 4.69) is 10.1 Å². The Morgan fingerprint density at radius 3 is 2.78 bits per heavy atom. The van der Waals surface area contributed by atoms with Gasteiger partial charge in [0.1, 0.15) is 11.5 Å². The zero-order chi connectivity index (χ0) is 13.2. The smallest absolute Gasteiger partial charge is 0.508 e. The van der Waals surface area contributed by atoms with Crippen LogP contribution in [0.2, 0.25) is 0 Å². The number of phenolic OH excluding ortho intramolecular Hbond substituents is 1. The quantitative estimate of drug-likeness (QED) is 0.856. The van der Waals surface area contributed by atoms with Gasteiger partial charge in [0.2, 0.25) is 0 Å². The van der Waals surface area contributed by atoms with E-state index in [1.807, 2.05) is 0 Å². The van der Waals surface area contributed by atoms with Gasteiger partial charge in [-0.15, -0.1) is 13.2 Å². The molecule has 0 aliphatic carbocycles. The maximum absolute atomic E-state index is 12.1. The Labute approximate surface area is 101 Å². The highest BCUT2D eigenvalue weighted by atomic mass is 19.4. The van der Waals surface area contributed by atoms with Crippen LogP contribution in [-0.2, 0) is 4.74 Å². The van der Waals surface area contributed by atoms with Crippen molar-refractivity contribution in [2.75, 3.05) is 19.8 Å². The third-order valence-electron chi connectivity index (χ3n) is 2.53. The number of phenols is 1. The van der Waals surface area contributed by atoms with Crippen LogP contribution in [0.25, 0.3) is 0 Å². The number of hydrogen-bond acceptors (Lipinski definition) is 4. The van der Waals surface area contributed by atoms with E-state index < -0.39 is 6.36 Å². The Kier molecular flexibility index (Phi) is 3.63. The zero-order valence-electron chi connectivity index (χ0n) is 9.33. The highest BCUT2D eigenvalue weighted by molar-refractivity contribution is 5.41. The standard InChI is InChI=1S/C11H12F3NO3/c12-11(13,14)18-7-1-2-10(16)8(5-7)9-6-17-4-3-15-9/h1-2,5,9,15-16H,3-4,6H2/t9-/m0/s1. The summed E-state index contributed by atoms with van der Waals surface area (Å²) in [6, 6.07) is 3.06. The molecule has 1 aromatic carbocycles. The van der Waals surface area contributed by atoms with Crippen molar-refractivity contribution in [2.45, 2.75) is 12.4 Å². The molecule has 1 aromatic rings. The van der Waals surface area contributed by atoms with Crippen LogP contribution in [-0.4, -0.2) is 31.2 Å². The Morgan fingerprint density at radius 1 is 1.39 bits per heavy atom. The van der Waals surface area contributed by atoms with Gasteiger partial charge in [-0.2, -0.15) is 0 Å². The second kappa shape index (κ2) is 5.03. The number of alkyl halides is 3. The minimum atomic E-state index is -4.75. The Morgan fingerprint density at radius 2 is 2.17 bits per heavy atom. The highest BCUT2D eigenvalue weighted by Gasteiger charge is 2.31. The maximum Gasteiger partial charge on any atom is 0.573 e. The molecule has 2 N–H and O–H groups in total. The minimum Gasteiger partial charge on any atom is -0.508 e. The SMILES string of the molecule is Oc1ccc(OC(F)(F)F)cc1[C@@H]1COCCN1. The van der Waals surface area contributed by atoms with Gasteiger partial charge in [0.15, 0.2) is 0 Å². The van der Waals surface area contributed by atoms with Gasteiger partial charge in [-0.3, -0.25) is 0 Å². The lowest BCUT2D eigenvalue weighted by Gasteiger charge is -2.25. The lowest BCUT2D eigenvalue weighted by molar-refractivity contribution is -0.274. The number of ether oxygens (including phenoxy) is 2. The molecule has 1 heterocycles. The summed E-state index contributed by atoms with van der Waals surface area (Å²) in [5, 5.41) is 12.7. The number of hydrogen-bond donors (Lipinski definition) is 2. The van der Waals surface area contributed by atoms with Crippen LogP contribution in [0, 0.1) is 0 Å². The first-order valence-corrected chi connectivity index (χ1v) is 5.35. The molecule has 0 spiro atoms. The summed E-state index contributed by atoms with van der Waals surface area (Å²) >= 11 is 0. The molecule has 0 radical (unpaired) electrons. The summed E-state index contributed by atoms with van der Waals surface area (Å²) in [5.74, 6) is -0.449. The fourth-order valence-corrected chi connectivity index (χ4v) is 1.77. The zero-order valence-corrected chi connectivity index (χ0v) is 9.33. The molecular formula is C11H12F3NO3. The summed E-state index contributed by atoms with van der Waals surface area (Å²) < 4.78 is 45.3. The summed E-state index contributed by atoms with van der Waals surface area (Å²) in [7, 11) is 0. The number of nitrogens with one attached hydrogen (secondary N) is 1. The first kappa shape index (κ1) is 13.0. The van der Waals surface area contributed by atoms with Crippen LogP contribution >= 0.6 is 0 Å². The molecule has 0 bridgehead atoms. The number of benzene rings is 1. The molecule has 2 rings (SSSR count). The minimum absolute atomic E-state index is 0.0903. The van der Waals surface area contributed by atoms with Crippen LogP contribution in [0.4, 0.5) is 13.2 Å². The van der Waals surface area contributed by atoms with Crippen molar-refractivity contribution in [3.05, 3.63) is 23.8 Å². The first-order chi connectivity index (χ1) is 8.46. The van der Waals surface area contributed by atoms with Crippen molar-refractivity contribution < 1.29 is 27.8 Å². The molecule has 1 saturated heterocycles. The van der Waals surface area contributed by atoms with Gasteiger partial charge in [0, 0.05) is 12.1 Å². The van der Waals surface area contributed by atoms with E-state index in [1.54, 1.807) is 0 Å². The normalized spacial score (nSPS) is 20.7. The molecule has 0 unspecified atom stereocenters. The topological polar surface area (TPSA) is 50.7 Å². The van der Waals surface area contributed by atoms with Crippen LogP contribution in [0.1, 0.15) is 11.6 Å². The van der Waals surface area contributed by atoms with E-state index in [-0.39, 0.29) is 17.5 Å². The number of halogens is 3. The molecule has 100 valence electrons. The third-order valence-corrected chi connectivity index (χ3v) is 2.53. The Bertz CT molecular complexity index is 416. The molecule has 1 aliphatic heterocycles. The predicted octanol–water partition coefficient (Wildman–Crippen LogP) is 1.95. The van der Waals surface area contributed by atoms with Crippen LogP contribution < -0.4 is 10.1 Å². The van der Waals surface area contributed by atoms with Gasteiger partial charge in [0.05, 0.1) is 19.3 Å². The molecular weight excluding hydrogens is 251 g/mol. The van der Waals surface area contributed by atoms with Crippen LogP contribution in [0.5, 0.6) is 11.5 Å². The summed E-state index contributed by atoms with van der Waals surface area (Å²) in [6.07, 6.45) is -4.75. The van der Waals surface area contributed by atoms with E-state index in [9.17, 15) is 18.3 Å². The van der Waals surface area contributed by atoms with Crippen molar-refractivity contribution in [2.24, 2.45) is 0 Å². The van der Waals surface area contributed by atoms with Crippen molar-refractivity contribution in [1.82, 2.24) is 5.32 Å². The Balaban J connectivity index is 2.20. The average molecular weight is 263 g/mol. The van der Waals surface area contributed by atoms with Crippen LogP contribution in [0.15, 0.2) is 18.2 Å². The van der Waals surface area contributed by atoms with E-state index in [0.717, 1.165) is 12.1 Å². The fraction of sp³-hybridized carbons (Fsp3) is 0.455. The van der Waals surface area contributed by atoms with Gasteiger partial charge in [0.25, 0.3) is 0 Å². The largest absolute Gasteiger partial charge is 0.573 e. The maximum atomic E-state index is 12.1.